The van der Waals surface area contributed by atoms with Gasteiger partial charge in [-0.05, 0) is 48.3 Å². The maximum Gasteiger partial charge on any atom is 0.0766 e. The van der Waals surface area contributed by atoms with Crippen molar-refractivity contribution in [3.05, 3.63) is 51.3 Å². The molecule has 0 aliphatic carbocycles. The molecule has 1 atom stereocenters. The van der Waals surface area contributed by atoms with Crippen LogP contribution in [0.1, 0.15) is 29.4 Å². The van der Waals surface area contributed by atoms with Crippen molar-refractivity contribution in [1.82, 2.24) is 15.1 Å². The van der Waals surface area contributed by atoms with Crippen LogP contribution in [0.15, 0.2) is 28.7 Å². The summed E-state index contributed by atoms with van der Waals surface area (Å²) < 4.78 is 3.17. The molecule has 1 unspecified atom stereocenters. The lowest BCUT2D eigenvalue weighted by molar-refractivity contribution is 0.532. The second-order valence-electron chi connectivity index (χ2n) is 5.56. The fourth-order valence-electron chi connectivity index (χ4n) is 2.56. The standard InChI is InChI=1S/C17H24BrN3/c1-5-15-17(18)16(21(4)20-15)11-14(19-3)10-13-8-6-12(2)7-9-13/h6-9,14,19H,5,10-11H2,1-4H3. The van der Waals surface area contributed by atoms with Gasteiger partial charge in [0.2, 0.25) is 0 Å². The number of hydrogen-bond acceptors (Lipinski definition) is 2. The molecule has 1 N–H and O–H groups in total. The van der Waals surface area contributed by atoms with E-state index in [9.17, 15) is 0 Å². The number of nitrogens with one attached hydrogen (secondary N) is 1. The molecule has 0 fully saturated rings. The van der Waals surface area contributed by atoms with Crippen LogP contribution in [0.4, 0.5) is 0 Å². The van der Waals surface area contributed by atoms with E-state index in [1.165, 1.54) is 16.8 Å². The molecule has 3 nitrogen and oxygen atoms in total. The summed E-state index contributed by atoms with van der Waals surface area (Å²) in [4.78, 5) is 0. The number of likely N-dealkylation sites (N-methyl/N-ethyl adjacent to an activating group) is 1. The smallest absolute Gasteiger partial charge is 0.0766 e. The van der Waals surface area contributed by atoms with Crippen molar-refractivity contribution < 1.29 is 0 Å². The van der Waals surface area contributed by atoms with Crippen molar-refractivity contribution in [3.63, 3.8) is 0 Å². The van der Waals surface area contributed by atoms with E-state index >= 15 is 0 Å². The molecule has 0 radical (unpaired) electrons. The van der Waals surface area contributed by atoms with Crippen LogP contribution in [0.5, 0.6) is 0 Å². The van der Waals surface area contributed by atoms with Crippen molar-refractivity contribution in [1.29, 1.82) is 0 Å². The molecule has 1 aromatic heterocycles. The van der Waals surface area contributed by atoms with E-state index in [0.717, 1.165) is 29.4 Å². The molecule has 1 heterocycles. The predicted octanol–water partition coefficient (Wildman–Crippen LogP) is 3.43. The molecule has 4 heteroatoms. The van der Waals surface area contributed by atoms with Crippen LogP contribution in [-0.4, -0.2) is 22.9 Å². The van der Waals surface area contributed by atoms with Gasteiger partial charge >= 0.3 is 0 Å². The SMILES string of the molecule is CCc1nn(C)c(CC(Cc2ccc(C)cc2)NC)c1Br. The summed E-state index contributed by atoms with van der Waals surface area (Å²) in [6, 6.07) is 9.20. The third-order valence-electron chi connectivity index (χ3n) is 3.95. The first-order valence-electron chi connectivity index (χ1n) is 7.48. The summed E-state index contributed by atoms with van der Waals surface area (Å²) in [5.74, 6) is 0. The van der Waals surface area contributed by atoms with Gasteiger partial charge in [0.1, 0.15) is 0 Å². The van der Waals surface area contributed by atoms with Crippen LogP contribution in [0.3, 0.4) is 0 Å². The summed E-state index contributed by atoms with van der Waals surface area (Å²) in [6.45, 7) is 4.26. The molecule has 0 aliphatic heterocycles. The van der Waals surface area contributed by atoms with E-state index in [4.69, 9.17) is 0 Å². The normalized spacial score (nSPS) is 12.6. The first-order chi connectivity index (χ1) is 10.0. The number of halogens is 1. The molecule has 0 aliphatic rings. The molecule has 2 aromatic rings. The first-order valence-corrected chi connectivity index (χ1v) is 8.27. The van der Waals surface area contributed by atoms with Crippen molar-refractivity contribution >= 4 is 15.9 Å². The Kier molecular flexibility index (Phi) is 5.59. The fourth-order valence-corrected chi connectivity index (χ4v) is 3.34. The molecule has 0 bridgehead atoms. The highest BCUT2D eigenvalue weighted by atomic mass is 79.9. The number of hydrogen-bond donors (Lipinski definition) is 1. The van der Waals surface area contributed by atoms with Crippen molar-refractivity contribution in [2.24, 2.45) is 7.05 Å². The minimum absolute atomic E-state index is 0.407. The minimum atomic E-state index is 0.407. The number of benzene rings is 1. The minimum Gasteiger partial charge on any atom is -0.316 e. The Balaban J connectivity index is 2.12. The predicted molar refractivity (Wildman–Crippen MR) is 91.7 cm³/mol. The van der Waals surface area contributed by atoms with Gasteiger partial charge < -0.3 is 5.32 Å². The van der Waals surface area contributed by atoms with Gasteiger partial charge in [0.25, 0.3) is 0 Å². The zero-order valence-corrected chi connectivity index (χ0v) is 14.9. The molecule has 21 heavy (non-hydrogen) atoms. The summed E-state index contributed by atoms with van der Waals surface area (Å²) >= 11 is 3.70. The average Bonchev–Trinajstić information content (AvgIpc) is 2.75. The quantitative estimate of drug-likeness (QED) is 0.865. The lowest BCUT2D eigenvalue weighted by Gasteiger charge is -2.17. The summed E-state index contributed by atoms with van der Waals surface area (Å²) in [7, 11) is 4.06. The maximum atomic E-state index is 4.58. The molecule has 114 valence electrons. The van der Waals surface area contributed by atoms with Crippen LogP contribution in [0, 0.1) is 6.92 Å². The highest BCUT2D eigenvalue weighted by Crippen LogP contribution is 2.23. The highest BCUT2D eigenvalue weighted by molar-refractivity contribution is 9.10. The summed E-state index contributed by atoms with van der Waals surface area (Å²) in [5, 5.41) is 8.01. The molecular weight excluding hydrogens is 326 g/mol. The average molecular weight is 350 g/mol. The van der Waals surface area contributed by atoms with E-state index in [1.54, 1.807) is 0 Å². The largest absolute Gasteiger partial charge is 0.316 e. The number of nitrogens with zero attached hydrogens (tertiary/aromatic N) is 2. The summed E-state index contributed by atoms with van der Waals surface area (Å²) in [6.07, 6.45) is 2.95. The Morgan fingerprint density at radius 2 is 1.90 bits per heavy atom. The second kappa shape index (κ2) is 7.23. The Labute approximate surface area is 135 Å². The van der Waals surface area contributed by atoms with Gasteiger partial charge in [0, 0.05) is 19.5 Å². The molecular formula is C17H24BrN3. The van der Waals surface area contributed by atoms with Crippen LogP contribution < -0.4 is 5.32 Å². The van der Waals surface area contributed by atoms with Crippen LogP contribution >= 0.6 is 15.9 Å². The van der Waals surface area contributed by atoms with Gasteiger partial charge in [-0.1, -0.05) is 36.8 Å². The lowest BCUT2D eigenvalue weighted by Crippen LogP contribution is -2.30. The monoisotopic (exact) mass is 349 g/mol. The van der Waals surface area contributed by atoms with Crippen molar-refractivity contribution in [2.45, 2.75) is 39.2 Å². The van der Waals surface area contributed by atoms with E-state index in [0.29, 0.717) is 6.04 Å². The molecule has 0 saturated carbocycles. The third kappa shape index (κ3) is 3.95. The molecule has 1 aromatic carbocycles. The van der Waals surface area contributed by atoms with E-state index < -0.39 is 0 Å². The van der Waals surface area contributed by atoms with Gasteiger partial charge in [-0.3, -0.25) is 4.68 Å². The number of rotatable bonds is 6. The zero-order valence-electron chi connectivity index (χ0n) is 13.3. The first kappa shape index (κ1) is 16.2. The Bertz CT molecular complexity index is 587. The van der Waals surface area contributed by atoms with Gasteiger partial charge in [-0.2, -0.15) is 5.10 Å². The van der Waals surface area contributed by atoms with Crippen LogP contribution in [0.25, 0.3) is 0 Å². The summed E-state index contributed by atoms with van der Waals surface area (Å²) in [5.41, 5.74) is 5.08. The fraction of sp³-hybridized carbons (Fsp3) is 0.471. The van der Waals surface area contributed by atoms with E-state index in [1.807, 2.05) is 18.8 Å². The molecule has 0 amide bonds. The van der Waals surface area contributed by atoms with Gasteiger partial charge in [0.05, 0.1) is 15.9 Å². The Morgan fingerprint density at radius 3 is 2.43 bits per heavy atom. The molecule has 0 spiro atoms. The van der Waals surface area contributed by atoms with Crippen LogP contribution in [-0.2, 0) is 26.3 Å². The number of aromatic nitrogens is 2. The van der Waals surface area contributed by atoms with Crippen molar-refractivity contribution in [2.75, 3.05) is 7.05 Å². The highest BCUT2D eigenvalue weighted by Gasteiger charge is 2.17. The van der Waals surface area contributed by atoms with Gasteiger partial charge in [-0.15, -0.1) is 0 Å². The topological polar surface area (TPSA) is 29.9 Å². The maximum absolute atomic E-state index is 4.58. The lowest BCUT2D eigenvalue weighted by atomic mass is 10.0. The zero-order chi connectivity index (χ0) is 15.4. The van der Waals surface area contributed by atoms with Gasteiger partial charge in [-0.25, -0.2) is 0 Å². The van der Waals surface area contributed by atoms with Crippen LogP contribution in [0.2, 0.25) is 0 Å². The molecule has 2 rings (SSSR count). The second-order valence-corrected chi connectivity index (χ2v) is 6.36. The van der Waals surface area contributed by atoms with Gasteiger partial charge in [0.15, 0.2) is 0 Å². The Hall–Kier alpha value is -1.13. The van der Waals surface area contributed by atoms with E-state index in [2.05, 4.69) is 64.5 Å². The van der Waals surface area contributed by atoms with Crippen molar-refractivity contribution in [3.8, 4) is 0 Å². The molecule has 0 saturated heterocycles. The third-order valence-corrected chi connectivity index (χ3v) is 4.87. The Morgan fingerprint density at radius 1 is 1.24 bits per heavy atom. The van der Waals surface area contributed by atoms with E-state index in [-0.39, 0.29) is 0 Å². The number of aryl methyl sites for hydroxylation is 3.